The normalized spacial score (nSPS) is 27.1. The van der Waals surface area contributed by atoms with E-state index in [-0.39, 0.29) is 6.04 Å². The van der Waals surface area contributed by atoms with Crippen molar-refractivity contribution in [1.29, 1.82) is 0 Å². The van der Waals surface area contributed by atoms with Crippen molar-refractivity contribution in [2.45, 2.75) is 52.0 Å². The van der Waals surface area contributed by atoms with Gasteiger partial charge in [0.25, 0.3) is 0 Å². The molecular formula is C14H25N3. The summed E-state index contributed by atoms with van der Waals surface area (Å²) in [5.74, 6) is 1.54. The Morgan fingerprint density at radius 3 is 2.88 bits per heavy atom. The summed E-state index contributed by atoms with van der Waals surface area (Å²) < 4.78 is 1.93. The molecule has 0 bridgehead atoms. The summed E-state index contributed by atoms with van der Waals surface area (Å²) in [5, 5.41) is 4.31. The highest BCUT2D eigenvalue weighted by Gasteiger charge is 2.28. The third-order valence-electron chi connectivity index (χ3n) is 4.54. The Bertz CT molecular complexity index is 370. The van der Waals surface area contributed by atoms with Crippen LogP contribution in [0.3, 0.4) is 0 Å². The molecular weight excluding hydrogens is 210 g/mol. The molecule has 3 nitrogen and oxygen atoms in total. The molecule has 2 rings (SSSR count). The van der Waals surface area contributed by atoms with E-state index in [2.05, 4.69) is 18.9 Å². The average molecular weight is 235 g/mol. The molecule has 0 spiro atoms. The van der Waals surface area contributed by atoms with E-state index in [1.165, 1.54) is 43.4 Å². The number of nitrogens with two attached hydrogens (primary N) is 1. The first-order valence-electron chi connectivity index (χ1n) is 6.87. The average Bonchev–Trinajstić information content (AvgIpc) is 2.69. The second-order valence-corrected chi connectivity index (χ2v) is 5.54. The Morgan fingerprint density at radius 1 is 1.53 bits per heavy atom. The van der Waals surface area contributed by atoms with E-state index in [9.17, 15) is 0 Å². The molecule has 2 N–H and O–H groups in total. The summed E-state index contributed by atoms with van der Waals surface area (Å²) in [6, 6.07) is 0.179. The molecule has 1 aromatic rings. The quantitative estimate of drug-likeness (QED) is 0.875. The second kappa shape index (κ2) is 5.21. The van der Waals surface area contributed by atoms with Gasteiger partial charge in [0.15, 0.2) is 0 Å². The van der Waals surface area contributed by atoms with E-state index < -0.39 is 0 Å². The Hall–Kier alpha value is -0.830. The lowest BCUT2D eigenvalue weighted by molar-refractivity contribution is 0.230. The van der Waals surface area contributed by atoms with Crippen LogP contribution in [0.25, 0.3) is 0 Å². The van der Waals surface area contributed by atoms with E-state index in [1.807, 2.05) is 17.9 Å². The zero-order valence-electron chi connectivity index (χ0n) is 11.3. The van der Waals surface area contributed by atoms with Crippen molar-refractivity contribution in [3.8, 4) is 0 Å². The highest BCUT2D eigenvalue weighted by molar-refractivity contribution is 5.21. The maximum absolute atomic E-state index is 6.45. The van der Waals surface area contributed by atoms with Crippen molar-refractivity contribution < 1.29 is 0 Å². The Labute approximate surface area is 104 Å². The topological polar surface area (TPSA) is 43.8 Å². The van der Waals surface area contributed by atoms with E-state index in [0.29, 0.717) is 5.92 Å². The lowest BCUT2D eigenvalue weighted by Crippen LogP contribution is -2.27. The van der Waals surface area contributed by atoms with Crippen LogP contribution in [0.1, 0.15) is 56.3 Å². The standard InChI is InChI=1S/C14H25N3/c1-4-11-6-5-7-12(8-11)14(15)13-9-16-17(3)10(13)2/h9,11-12,14H,4-8,15H2,1-3H3. The minimum absolute atomic E-state index is 0.179. The highest BCUT2D eigenvalue weighted by Crippen LogP contribution is 2.37. The van der Waals surface area contributed by atoms with Gasteiger partial charge in [-0.25, -0.2) is 0 Å². The van der Waals surface area contributed by atoms with Crippen molar-refractivity contribution in [1.82, 2.24) is 9.78 Å². The maximum atomic E-state index is 6.45. The fraction of sp³-hybridized carbons (Fsp3) is 0.786. The van der Waals surface area contributed by atoms with Crippen molar-refractivity contribution in [2.24, 2.45) is 24.6 Å². The van der Waals surface area contributed by atoms with E-state index in [1.54, 1.807) is 0 Å². The summed E-state index contributed by atoms with van der Waals surface area (Å²) >= 11 is 0. The predicted octanol–water partition coefficient (Wildman–Crippen LogP) is 2.94. The summed E-state index contributed by atoms with van der Waals surface area (Å²) in [7, 11) is 1.99. The SMILES string of the molecule is CCC1CCCC(C(N)c2cnn(C)c2C)C1. The van der Waals surface area contributed by atoms with Gasteiger partial charge < -0.3 is 5.73 Å². The lowest BCUT2D eigenvalue weighted by Gasteiger charge is -2.32. The Balaban J connectivity index is 2.09. The van der Waals surface area contributed by atoms with E-state index in [0.717, 1.165) is 5.92 Å². The van der Waals surface area contributed by atoms with Gasteiger partial charge in [0.2, 0.25) is 0 Å². The molecule has 17 heavy (non-hydrogen) atoms. The first-order valence-corrected chi connectivity index (χ1v) is 6.87. The number of rotatable bonds is 3. The minimum Gasteiger partial charge on any atom is -0.324 e. The summed E-state index contributed by atoms with van der Waals surface area (Å²) in [4.78, 5) is 0. The lowest BCUT2D eigenvalue weighted by atomic mass is 9.75. The van der Waals surface area contributed by atoms with Crippen molar-refractivity contribution in [2.75, 3.05) is 0 Å². The van der Waals surface area contributed by atoms with Gasteiger partial charge in [0.1, 0.15) is 0 Å². The predicted molar refractivity (Wildman–Crippen MR) is 70.6 cm³/mol. The molecule has 1 aliphatic rings. The molecule has 0 amide bonds. The van der Waals surface area contributed by atoms with Crippen LogP contribution in [0.2, 0.25) is 0 Å². The van der Waals surface area contributed by atoms with Crippen LogP contribution in [-0.2, 0) is 7.05 Å². The molecule has 3 atom stereocenters. The number of aryl methyl sites for hydroxylation is 1. The number of hydrogen-bond acceptors (Lipinski definition) is 2. The first-order chi connectivity index (χ1) is 8.13. The van der Waals surface area contributed by atoms with Crippen molar-refractivity contribution in [3.63, 3.8) is 0 Å². The van der Waals surface area contributed by atoms with Crippen LogP contribution in [-0.4, -0.2) is 9.78 Å². The molecule has 0 saturated heterocycles. The van der Waals surface area contributed by atoms with Gasteiger partial charge in [-0.3, -0.25) is 4.68 Å². The first kappa shape index (κ1) is 12.6. The minimum atomic E-state index is 0.179. The second-order valence-electron chi connectivity index (χ2n) is 5.54. The van der Waals surface area contributed by atoms with Crippen molar-refractivity contribution >= 4 is 0 Å². The van der Waals surface area contributed by atoms with Gasteiger partial charge in [0, 0.05) is 24.3 Å². The smallest absolute Gasteiger partial charge is 0.0540 e. The number of hydrogen-bond donors (Lipinski definition) is 1. The number of nitrogens with zero attached hydrogens (tertiary/aromatic N) is 2. The van der Waals surface area contributed by atoms with Crippen LogP contribution in [0, 0.1) is 18.8 Å². The molecule has 1 fully saturated rings. The van der Waals surface area contributed by atoms with Crippen LogP contribution in [0.5, 0.6) is 0 Å². The van der Waals surface area contributed by atoms with Gasteiger partial charge >= 0.3 is 0 Å². The number of aromatic nitrogens is 2. The fourth-order valence-corrected chi connectivity index (χ4v) is 3.13. The highest BCUT2D eigenvalue weighted by atomic mass is 15.3. The van der Waals surface area contributed by atoms with Gasteiger partial charge in [-0.05, 0) is 31.6 Å². The van der Waals surface area contributed by atoms with Crippen LogP contribution < -0.4 is 5.73 Å². The Kier molecular flexibility index (Phi) is 3.87. The van der Waals surface area contributed by atoms with Gasteiger partial charge in [-0.1, -0.05) is 26.2 Å². The summed E-state index contributed by atoms with van der Waals surface area (Å²) in [5.41, 5.74) is 8.91. The van der Waals surface area contributed by atoms with Crippen LogP contribution in [0.4, 0.5) is 0 Å². The molecule has 0 radical (unpaired) electrons. The molecule has 96 valence electrons. The van der Waals surface area contributed by atoms with Gasteiger partial charge in [-0.15, -0.1) is 0 Å². The molecule has 3 heteroatoms. The third-order valence-corrected chi connectivity index (χ3v) is 4.54. The molecule has 1 aliphatic carbocycles. The molecule has 0 aliphatic heterocycles. The zero-order valence-corrected chi connectivity index (χ0v) is 11.3. The van der Waals surface area contributed by atoms with Gasteiger partial charge in [-0.2, -0.15) is 5.10 Å². The van der Waals surface area contributed by atoms with E-state index in [4.69, 9.17) is 5.73 Å². The molecule has 1 aromatic heterocycles. The molecule has 3 unspecified atom stereocenters. The fourth-order valence-electron chi connectivity index (χ4n) is 3.13. The third kappa shape index (κ3) is 2.54. The summed E-state index contributed by atoms with van der Waals surface area (Å²) in [6.07, 6.45) is 8.57. The molecule has 0 aromatic carbocycles. The maximum Gasteiger partial charge on any atom is 0.0540 e. The largest absolute Gasteiger partial charge is 0.324 e. The monoisotopic (exact) mass is 235 g/mol. The summed E-state index contributed by atoms with van der Waals surface area (Å²) in [6.45, 7) is 4.41. The van der Waals surface area contributed by atoms with Crippen LogP contribution in [0.15, 0.2) is 6.20 Å². The Morgan fingerprint density at radius 2 is 2.29 bits per heavy atom. The molecule has 1 saturated carbocycles. The van der Waals surface area contributed by atoms with Crippen LogP contribution >= 0.6 is 0 Å². The van der Waals surface area contributed by atoms with Gasteiger partial charge in [0.05, 0.1) is 6.20 Å². The van der Waals surface area contributed by atoms with E-state index >= 15 is 0 Å². The molecule has 1 heterocycles. The zero-order chi connectivity index (χ0) is 12.4. The van der Waals surface area contributed by atoms with Crippen molar-refractivity contribution in [3.05, 3.63) is 17.5 Å².